The minimum atomic E-state index is -1.71. The van der Waals surface area contributed by atoms with Gasteiger partial charge in [0.1, 0.15) is 12.4 Å². The lowest BCUT2D eigenvalue weighted by atomic mass is 10.2. The molecule has 0 aliphatic heterocycles. The SMILES string of the molecule is O=C(COC(=O)c1cccc(OCc2ccccc2)c1)Nc1ccc(F)c(F)c1F. The molecular formula is C22H16F3NO4. The topological polar surface area (TPSA) is 64.6 Å². The van der Waals surface area contributed by atoms with Crippen LogP contribution in [0.25, 0.3) is 0 Å². The second-order valence-corrected chi connectivity index (χ2v) is 6.15. The summed E-state index contributed by atoms with van der Waals surface area (Å²) in [6.07, 6.45) is 0. The fourth-order valence-corrected chi connectivity index (χ4v) is 2.48. The molecule has 3 rings (SSSR count). The number of hydrogen-bond donors (Lipinski definition) is 1. The molecule has 0 saturated heterocycles. The highest BCUT2D eigenvalue weighted by molar-refractivity contribution is 5.95. The smallest absolute Gasteiger partial charge is 0.338 e. The van der Waals surface area contributed by atoms with Gasteiger partial charge in [0.05, 0.1) is 11.3 Å². The summed E-state index contributed by atoms with van der Waals surface area (Å²) in [5, 5.41) is 2.01. The molecule has 0 radical (unpaired) electrons. The van der Waals surface area contributed by atoms with Gasteiger partial charge in [-0.05, 0) is 35.9 Å². The Balaban J connectivity index is 1.54. The van der Waals surface area contributed by atoms with Gasteiger partial charge in [0.2, 0.25) is 0 Å². The van der Waals surface area contributed by atoms with Gasteiger partial charge < -0.3 is 14.8 Å². The Bertz CT molecular complexity index is 1060. The van der Waals surface area contributed by atoms with Gasteiger partial charge in [0, 0.05) is 0 Å². The largest absolute Gasteiger partial charge is 0.489 e. The van der Waals surface area contributed by atoms with Gasteiger partial charge in [-0.15, -0.1) is 0 Å². The van der Waals surface area contributed by atoms with Crippen molar-refractivity contribution in [3.63, 3.8) is 0 Å². The summed E-state index contributed by atoms with van der Waals surface area (Å²) in [5.41, 5.74) is 0.533. The van der Waals surface area contributed by atoms with E-state index in [0.717, 1.165) is 11.6 Å². The molecule has 0 spiro atoms. The number of ether oxygens (including phenoxy) is 2. The third-order valence-electron chi connectivity index (χ3n) is 3.96. The van der Waals surface area contributed by atoms with Gasteiger partial charge in [-0.25, -0.2) is 18.0 Å². The van der Waals surface area contributed by atoms with Crippen molar-refractivity contribution >= 4 is 17.6 Å². The first-order chi connectivity index (χ1) is 14.4. The Hall–Kier alpha value is -3.81. The van der Waals surface area contributed by atoms with E-state index >= 15 is 0 Å². The normalized spacial score (nSPS) is 10.4. The van der Waals surface area contributed by atoms with Gasteiger partial charge in [0.25, 0.3) is 5.91 Å². The van der Waals surface area contributed by atoms with Crippen molar-refractivity contribution in [2.45, 2.75) is 6.61 Å². The maximum atomic E-state index is 13.6. The Morgan fingerprint density at radius 1 is 0.867 bits per heavy atom. The molecule has 0 bridgehead atoms. The zero-order valence-electron chi connectivity index (χ0n) is 15.5. The zero-order valence-corrected chi connectivity index (χ0v) is 15.5. The lowest BCUT2D eigenvalue weighted by Gasteiger charge is -2.09. The maximum Gasteiger partial charge on any atom is 0.338 e. The van der Waals surface area contributed by atoms with Gasteiger partial charge in [0.15, 0.2) is 24.1 Å². The highest BCUT2D eigenvalue weighted by Crippen LogP contribution is 2.20. The average molecular weight is 415 g/mol. The molecule has 0 fully saturated rings. The van der Waals surface area contributed by atoms with Crippen LogP contribution in [0.1, 0.15) is 15.9 Å². The van der Waals surface area contributed by atoms with Crippen LogP contribution in [0.15, 0.2) is 66.7 Å². The number of hydrogen-bond acceptors (Lipinski definition) is 4. The fraction of sp³-hybridized carbons (Fsp3) is 0.0909. The molecule has 30 heavy (non-hydrogen) atoms. The van der Waals surface area contributed by atoms with Crippen molar-refractivity contribution in [1.29, 1.82) is 0 Å². The predicted octanol–water partition coefficient (Wildman–Crippen LogP) is 4.48. The van der Waals surface area contributed by atoms with E-state index in [9.17, 15) is 22.8 Å². The maximum absolute atomic E-state index is 13.6. The summed E-state index contributed by atoms with van der Waals surface area (Å²) in [4.78, 5) is 24.0. The van der Waals surface area contributed by atoms with Crippen LogP contribution in [0.3, 0.4) is 0 Å². The summed E-state index contributed by atoms with van der Waals surface area (Å²) in [5.74, 6) is -5.92. The molecule has 0 aliphatic rings. The van der Waals surface area contributed by atoms with Crippen molar-refractivity contribution in [3.8, 4) is 5.75 Å². The molecule has 0 heterocycles. The van der Waals surface area contributed by atoms with Gasteiger partial charge >= 0.3 is 5.97 Å². The molecule has 5 nitrogen and oxygen atoms in total. The predicted molar refractivity (Wildman–Crippen MR) is 102 cm³/mol. The van der Waals surface area contributed by atoms with Crippen LogP contribution >= 0.6 is 0 Å². The minimum Gasteiger partial charge on any atom is -0.489 e. The van der Waals surface area contributed by atoms with Crippen molar-refractivity contribution in [2.24, 2.45) is 0 Å². The van der Waals surface area contributed by atoms with Gasteiger partial charge in [-0.2, -0.15) is 0 Å². The lowest BCUT2D eigenvalue weighted by molar-refractivity contribution is -0.119. The van der Waals surface area contributed by atoms with Crippen molar-refractivity contribution in [2.75, 3.05) is 11.9 Å². The minimum absolute atomic E-state index is 0.146. The number of carbonyl (C=O) groups is 2. The number of esters is 1. The summed E-state index contributed by atoms with van der Waals surface area (Å²) >= 11 is 0. The molecule has 0 unspecified atom stereocenters. The van der Waals surface area contributed by atoms with Crippen LogP contribution in [-0.2, 0) is 16.1 Å². The molecule has 0 aliphatic carbocycles. The van der Waals surface area contributed by atoms with E-state index in [-0.39, 0.29) is 5.56 Å². The number of carbonyl (C=O) groups excluding carboxylic acids is 2. The second-order valence-electron chi connectivity index (χ2n) is 6.15. The molecule has 1 amide bonds. The van der Waals surface area contributed by atoms with Crippen molar-refractivity contribution in [3.05, 3.63) is 95.3 Å². The Morgan fingerprint density at radius 3 is 2.40 bits per heavy atom. The number of anilines is 1. The number of rotatable bonds is 7. The van der Waals surface area contributed by atoms with Crippen LogP contribution in [0.4, 0.5) is 18.9 Å². The molecule has 3 aromatic rings. The van der Waals surface area contributed by atoms with Crippen molar-refractivity contribution in [1.82, 2.24) is 0 Å². The van der Waals surface area contributed by atoms with Crippen LogP contribution in [0, 0.1) is 17.5 Å². The molecule has 0 aromatic heterocycles. The van der Waals surface area contributed by atoms with Crippen LogP contribution in [0.5, 0.6) is 5.75 Å². The summed E-state index contributed by atoms with van der Waals surface area (Å²) in [7, 11) is 0. The van der Waals surface area contributed by atoms with E-state index in [1.807, 2.05) is 35.6 Å². The number of nitrogens with one attached hydrogen (secondary N) is 1. The Labute approximate surface area is 170 Å². The molecular weight excluding hydrogens is 399 g/mol. The number of amides is 1. The van der Waals surface area contributed by atoms with Crippen LogP contribution < -0.4 is 10.1 Å². The number of benzene rings is 3. The highest BCUT2D eigenvalue weighted by atomic mass is 19.2. The first-order valence-corrected chi connectivity index (χ1v) is 8.81. The van der Waals surface area contributed by atoms with Crippen molar-refractivity contribution < 1.29 is 32.2 Å². The van der Waals surface area contributed by atoms with Gasteiger partial charge in [-0.3, -0.25) is 4.79 Å². The third-order valence-corrected chi connectivity index (χ3v) is 3.96. The summed E-state index contributed by atoms with van der Waals surface area (Å²) in [6, 6.07) is 17.2. The first kappa shape index (κ1) is 20.9. The Kier molecular flexibility index (Phi) is 6.69. The van der Waals surface area contributed by atoms with E-state index in [0.29, 0.717) is 18.4 Å². The molecule has 0 saturated carbocycles. The van der Waals surface area contributed by atoms with Gasteiger partial charge in [-0.1, -0.05) is 36.4 Å². The second kappa shape index (κ2) is 9.60. The summed E-state index contributed by atoms with van der Waals surface area (Å²) < 4.78 is 50.2. The third kappa shape index (κ3) is 5.38. The molecule has 3 aromatic carbocycles. The Morgan fingerprint density at radius 2 is 1.63 bits per heavy atom. The van der Waals surface area contributed by atoms with E-state index in [1.54, 1.807) is 12.1 Å². The monoisotopic (exact) mass is 415 g/mol. The van der Waals surface area contributed by atoms with E-state index in [4.69, 9.17) is 9.47 Å². The van der Waals surface area contributed by atoms with E-state index in [1.165, 1.54) is 12.1 Å². The van der Waals surface area contributed by atoms with Crippen LogP contribution in [-0.4, -0.2) is 18.5 Å². The quantitative estimate of drug-likeness (QED) is 0.457. The molecule has 154 valence electrons. The first-order valence-electron chi connectivity index (χ1n) is 8.81. The van der Waals surface area contributed by atoms with Crippen LogP contribution in [0.2, 0.25) is 0 Å². The molecule has 1 N–H and O–H groups in total. The summed E-state index contributed by atoms with van der Waals surface area (Å²) in [6.45, 7) is -0.437. The zero-order chi connectivity index (χ0) is 21.5. The highest BCUT2D eigenvalue weighted by Gasteiger charge is 2.16. The fourth-order valence-electron chi connectivity index (χ4n) is 2.48. The average Bonchev–Trinajstić information content (AvgIpc) is 2.77. The standard InChI is InChI=1S/C22H16F3NO4/c23-17-9-10-18(21(25)20(17)24)26-19(27)13-30-22(28)15-7-4-8-16(11-15)29-12-14-5-2-1-3-6-14/h1-11H,12-13H2,(H,26,27). The molecule has 8 heteroatoms. The lowest BCUT2D eigenvalue weighted by Crippen LogP contribution is -2.21. The van der Waals surface area contributed by atoms with E-state index < -0.39 is 41.6 Å². The number of halogens is 3. The van der Waals surface area contributed by atoms with E-state index in [2.05, 4.69) is 0 Å². The molecule has 0 atom stereocenters.